The van der Waals surface area contributed by atoms with Crippen LogP contribution in [-0.4, -0.2) is 54.5 Å². The van der Waals surface area contributed by atoms with Crippen molar-refractivity contribution < 1.29 is 4.79 Å². The fourth-order valence-corrected chi connectivity index (χ4v) is 4.16. The molecule has 4 heteroatoms. The fraction of sp³-hybridized carbons (Fsp3) is 0.812. The van der Waals surface area contributed by atoms with Crippen LogP contribution in [0.15, 0.2) is 11.8 Å². The van der Waals surface area contributed by atoms with E-state index in [0.717, 1.165) is 32.5 Å². The summed E-state index contributed by atoms with van der Waals surface area (Å²) in [5.74, 6) is 1.65. The zero-order valence-electron chi connectivity index (χ0n) is 13.0. The van der Waals surface area contributed by atoms with Gasteiger partial charge in [0.15, 0.2) is 0 Å². The van der Waals surface area contributed by atoms with Crippen molar-refractivity contribution in [2.45, 2.75) is 38.6 Å². The lowest BCUT2D eigenvalue weighted by Gasteiger charge is -2.36. The zero-order chi connectivity index (χ0) is 14.3. The molecule has 2 atom stereocenters. The summed E-state index contributed by atoms with van der Waals surface area (Å²) < 4.78 is 0. The molecule has 2 saturated heterocycles. The number of nitrogens with one attached hydrogen (secondary N) is 1. The maximum absolute atomic E-state index is 12.5. The number of allylic oxidation sites excluding steroid dienone is 2. The fourth-order valence-electron chi connectivity index (χ4n) is 4.16. The molecule has 1 aliphatic carbocycles. The second-order valence-corrected chi connectivity index (χ2v) is 7.10. The Hall–Kier alpha value is -0.870. The summed E-state index contributed by atoms with van der Waals surface area (Å²) in [6.45, 7) is 8.43. The van der Waals surface area contributed by atoms with Crippen molar-refractivity contribution in [3.63, 3.8) is 0 Å². The van der Waals surface area contributed by atoms with E-state index < -0.39 is 0 Å². The van der Waals surface area contributed by atoms with Crippen LogP contribution in [0.5, 0.6) is 0 Å². The molecule has 0 aromatic carbocycles. The maximum atomic E-state index is 12.5. The minimum absolute atomic E-state index is 0.134. The first-order valence-corrected chi connectivity index (χ1v) is 7.91. The second kappa shape index (κ2) is 5.15. The highest BCUT2D eigenvalue weighted by Gasteiger charge is 2.49. The van der Waals surface area contributed by atoms with E-state index in [1.807, 2.05) is 11.9 Å². The van der Waals surface area contributed by atoms with E-state index in [-0.39, 0.29) is 11.4 Å². The van der Waals surface area contributed by atoms with Crippen LogP contribution in [0.25, 0.3) is 0 Å². The topological polar surface area (TPSA) is 35.6 Å². The van der Waals surface area contributed by atoms with Gasteiger partial charge in [-0.05, 0) is 51.5 Å². The van der Waals surface area contributed by atoms with Crippen molar-refractivity contribution in [2.24, 2.45) is 11.8 Å². The minimum Gasteiger partial charge on any atom is -0.318 e. The number of nitrogens with zero attached hydrogens (tertiary/aromatic N) is 2. The van der Waals surface area contributed by atoms with Crippen molar-refractivity contribution in [2.75, 3.05) is 33.2 Å². The SMILES string of the molecule is CN(C(=O)CN1CC2CNCC2C1(C)C)C1=CCCC1. The molecule has 1 amide bonds. The number of likely N-dealkylation sites (N-methyl/N-ethyl adjacent to an activating group) is 1. The first kappa shape index (κ1) is 14.1. The molecule has 2 fully saturated rings. The Kier molecular flexibility index (Phi) is 3.63. The van der Waals surface area contributed by atoms with Crippen molar-refractivity contribution in [1.29, 1.82) is 0 Å². The van der Waals surface area contributed by atoms with E-state index in [1.165, 1.54) is 12.1 Å². The van der Waals surface area contributed by atoms with Crippen molar-refractivity contribution in [1.82, 2.24) is 15.1 Å². The van der Waals surface area contributed by atoms with Gasteiger partial charge in [-0.1, -0.05) is 6.08 Å². The number of hydrogen-bond acceptors (Lipinski definition) is 3. The molecule has 2 heterocycles. The average Bonchev–Trinajstić information content (AvgIpc) is 3.10. The molecule has 0 aromatic heterocycles. The van der Waals surface area contributed by atoms with E-state index >= 15 is 0 Å². The van der Waals surface area contributed by atoms with Crippen LogP contribution in [0.3, 0.4) is 0 Å². The highest BCUT2D eigenvalue weighted by atomic mass is 16.2. The quantitative estimate of drug-likeness (QED) is 0.848. The van der Waals surface area contributed by atoms with E-state index in [0.29, 0.717) is 18.4 Å². The first-order chi connectivity index (χ1) is 9.50. The molecule has 3 aliphatic rings. The molecule has 1 N–H and O–H groups in total. The highest BCUT2D eigenvalue weighted by Crippen LogP contribution is 2.40. The van der Waals surface area contributed by atoms with Gasteiger partial charge in [-0.2, -0.15) is 0 Å². The lowest BCUT2D eigenvalue weighted by molar-refractivity contribution is -0.130. The lowest BCUT2D eigenvalue weighted by Crippen LogP contribution is -2.48. The molecule has 0 aromatic rings. The Morgan fingerprint density at radius 1 is 1.50 bits per heavy atom. The van der Waals surface area contributed by atoms with E-state index in [1.54, 1.807) is 0 Å². The summed E-state index contributed by atoms with van der Waals surface area (Å²) in [5.41, 5.74) is 1.35. The summed E-state index contributed by atoms with van der Waals surface area (Å²) in [7, 11) is 1.94. The molecular weight excluding hydrogens is 250 g/mol. The molecule has 4 nitrogen and oxygen atoms in total. The maximum Gasteiger partial charge on any atom is 0.240 e. The van der Waals surface area contributed by atoms with Crippen LogP contribution in [-0.2, 0) is 4.79 Å². The van der Waals surface area contributed by atoms with Gasteiger partial charge in [0.2, 0.25) is 5.91 Å². The summed E-state index contributed by atoms with van der Waals surface area (Å²) in [6.07, 6.45) is 5.59. The standard InChI is InChI=1S/C16H27N3O/c1-16(2)14-9-17-8-12(14)10-19(16)11-15(20)18(3)13-6-4-5-7-13/h6,12,14,17H,4-5,7-11H2,1-3H3. The van der Waals surface area contributed by atoms with Gasteiger partial charge in [0.1, 0.15) is 0 Å². The summed E-state index contributed by atoms with van der Waals surface area (Å²) in [6, 6.07) is 0. The van der Waals surface area contributed by atoms with Gasteiger partial charge < -0.3 is 10.2 Å². The van der Waals surface area contributed by atoms with Gasteiger partial charge in [0.05, 0.1) is 6.54 Å². The van der Waals surface area contributed by atoms with Gasteiger partial charge >= 0.3 is 0 Å². The first-order valence-electron chi connectivity index (χ1n) is 7.91. The number of hydrogen-bond donors (Lipinski definition) is 1. The molecule has 0 radical (unpaired) electrons. The minimum atomic E-state index is 0.134. The normalized spacial score (nSPS) is 32.2. The largest absolute Gasteiger partial charge is 0.318 e. The van der Waals surface area contributed by atoms with E-state index in [9.17, 15) is 4.79 Å². The number of fused-ring (bicyclic) bond motifs is 1. The summed E-state index contributed by atoms with van der Waals surface area (Å²) >= 11 is 0. The third kappa shape index (κ3) is 2.29. The molecule has 3 rings (SSSR count). The Bertz CT molecular complexity index is 429. The predicted octanol–water partition coefficient (Wildman–Crippen LogP) is 1.44. The Labute approximate surface area is 122 Å². The van der Waals surface area contributed by atoms with Gasteiger partial charge in [-0.25, -0.2) is 0 Å². The number of amides is 1. The van der Waals surface area contributed by atoms with Crippen molar-refractivity contribution in [3.05, 3.63) is 11.8 Å². The van der Waals surface area contributed by atoms with Gasteiger partial charge in [0.25, 0.3) is 0 Å². The summed E-state index contributed by atoms with van der Waals surface area (Å²) in [5, 5.41) is 3.49. The van der Waals surface area contributed by atoms with Crippen LogP contribution < -0.4 is 5.32 Å². The molecule has 2 aliphatic heterocycles. The Morgan fingerprint density at radius 3 is 2.95 bits per heavy atom. The Morgan fingerprint density at radius 2 is 2.30 bits per heavy atom. The average molecular weight is 277 g/mol. The molecule has 2 unspecified atom stereocenters. The van der Waals surface area contributed by atoms with E-state index in [4.69, 9.17) is 0 Å². The van der Waals surface area contributed by atoms with Gasteiger partial charge in [-0.15, -0.1) is 0 Å². The van der Waals surface area contributed by atoms with Crippen LogP contribution in [0.2, 0.25) is 0 Å². The van der Waals surface area contributed by atoms with E-state index in [2.05, 4.69) is 30.1 Å². The van der Waals surface area contributed by atoms with Crippen LogP contribution >= 0.6 is 0 Å². The van der Waals surface area contributed by atoms with Crippen molar-refractivity contribution >= 4 is 5.91 Å². The molecule has 20 heavy (non-hydrogen) atoms. The number of carbonyl (C=O) groups excluding carboxylic acids is 1. The number of carbonyl (C=O) groups is 1. The summed E-state index contributed by atoms with van der Waals surface area (Å²) in [4.78, 5) is 16.8. The monoisotopic (exact) mass is 277 g/mol. The van der Waals surface area contributed by atoms with Crippen LogP contribution in [0.1, 0.15) is 33.1 Å². The van der Waals surface area contributed by atoms with Crippen LogP contribution in [0.4, 0.5) is 0 Å². The lowest BCUT2D eigenvalue weighted by atomic mass is 9.85. The molecule has 0 spiro atoms. The molecule has 112 valence electrons. The molecule has 0 saturated carbocycles. The predicted molar refractivity (Wildman–Crippen MR) is 80.2 cm³/mol. The smallest absolute Gasteiger partial charge is 0.240 e. The van der Waals surface area contributed by atoms with Crippen LogP contribution in [0, 0.1) is 11.8 Å². The third-order valence-electron chi connectivity index (χ3n) is 5.67. The Balaban J connectivity index is 1.64. The molecular formula is C16H27N3O. The van der Waals surface area contributed by atoms with Gasteiger partial charge in [0, 0.05) is 31.4 Å². The zero-order valence-corrected chi connectivity index (χ0v) is 13.0. The number of likely N-dealkylation sites (tertiary alicyclic amines) is 1. The van der Waals surface area contributed by atoms with Crippen molar-refractivity contribution in [3.8, 4) is 0 Å². The van der Waals surface area contributed by atoms with Gasteiger partial charge in [-0.3, -0.25) is 9.69 Å². The third-order valence-corrected chi connectivity index (χ3v) is 5.67. The molecule has 0 bridgehead atoms. The highest BCUT2D eigenvalue weighted by molar-refractivity contribution is 5.80. The number of rotatable bonds is 3. The second-order valence-electron chi connectivity index (χ2n) is 7.10.